The van der Waals surface area contributed by atoms with Crippen molar-refractivity contribution in [2.45, 2.75) is 58.5 Å². The summed E-state index contributed by atoms with van der Waals surface area (Å²) in [4.78, 5) is 0. The van der Waals surface area contributed by atoms with Crippen molar-refractivity contribution in [3.05, 3.63) is 19.7 Å². The van der Waals surface area contributed by atoms with Gasteiger partial charge in [0.1, 0.15) is 0 Å². The normalized spacial score (nSPS) is 28.5. The Morgan fingerprint density at radius 1 is 1.32 bits per heavy atom. The Balaban J connectivity index is 2.97. The molecule has 110 valence electrons. The van der Waals surface area contributed by atoms with Gasteiger partial charge in [-0.25, -0.2) is 0 Å². The van der Waals surface area contributed by atoms with E-state index in [2.05, 4.69) is 71.4 Å². The lowest BCUT2D eigenvalue weighted by atomic mass is 9.99. The molecule has 0 bridgehead atoms. The minimum Gasteiger partial charge on any atom is -0.371 e. The Hall–Kier alpha value is 0.907. The third kappa shape index (κ3) is 4.99. The lowest BCUT2D eigenvalue weighted by Crippen LogP contribution is -2.42. The summed E-state index contributed by atoms with van der Waals surface area (Å²) >= 11 is 13.4. The van der Waals surface area contributed by atoms with Crippen molar-refractivity contribution < 1.29 is 4.74 Å². The second-order valence-electron chi connectivity index (χ2n) is 6.20. The first-order valence-corrected chi connectivity index (χ1v) is 12.2. The van der Waals surface area contributed by atoms with Crippen LogP contribution in [0.3, 0.4) is 0 Å². The first-order valence-electron chi connectivity index (χ1n) is 6.71. The average molecular weight is 431 g/mol. The number of rotatable bonds is 4. The third-order valence-corrected chi connectivity index (χ3v) is 7.16. The minimum atomic E-state index is -1.45. The smallest absolute Gasteiger partial charge is 0.0773 e. The van der Waals surface area contributed by atoms with Gasteiger partial charge in [-0.15, -0.1) is 0 Å². The van der Waals surface area contributed by atoms with Gasteiger partial charge in [-0.1, -0.05) is 44.2 Å². The van der Waals surface area contributed by atoms with Crippen LogP contribution in [0, 0.1) is 5.92 Å². The molecule has 0 aromatic carbocycles. The first kappa shape index (κ1) is 18.0. The Kier molecular flexibility index (Phi) is 6.86. The summed E-state index contributed by atoms with van der Waals surface area (Å²) in [5.74, 6) is 0.318. The number of halogens is 3. The largest absolute Gasteiger partial charge is 0.371 e. The average Bonchev–Trinajstić information content (AvgIpc) is 2.23. The molecule has 0 N–H and O–H groups in total. The van der Waals surface area contributed by atoms with Gasteiger partial charge in [0.05, 0.1) is 23.7 Å². The van der Waals surface area contributed by atoms with Gasteiger partial charge in [-0.05, 0) is 56.8 Å². The molecule has 1 aliphatic rings. The molecule has 0 aliphatic carbocycles. The van der Waals surface area contributed by atoms with Crippen molar-refractivity contribution >= 4 is 51.5 Å². The molecule has 0 fully saturated rings. The molecule has 19 heavy (non-hydrogen) atoms. The maximum atomic E-state index is 6.65. The van der Waals surface area contributed by atoms with Gasteiger partial charge in [-0.3, -0.25) is 0 Å². The highest BCUT2D eigenvalue weighted by atomic mass is 79.9. The van der Waals surface area contributed by atoms with E-state index in [1.807, 2.05) is 0 Å². The van der Waals surface area contributed by atoms with Crippen LogP contribution in [0.1, 0.15) is 26.7 Å². The summed E-state index contributed by atoms with van der Waals surface area (Å²) in [7, 11) is -1.45. The summed E-state index contributed by atoms with van der Waals surface area (Å²) < 4.78 is 7.22. The van der Waals surface area contributed by atoms with E-state index in [0.29, 0.717) is 5.92 Å². The third-order valence-electron chi connectivity index (χ3n) is 3.60. The molecule has 1 rings (SSSR count). The lowest BCUT2D eigenvalue weighted by Gasteiger charge is -2.40. The van der Waals surface area contributed by atoms with Crippen LogP contribution in [0.15, 0.2) is 19.7 Å². The highest BCUT2D eigenvalue weighted by Crippen LogP contribution is 2.39. The summed E-state index contributed by atoms with van der Waals surface area (Å²) in [6.07, 6.45) is 4.49. The van der Waals surface area contributed by atoms with Gasteiger partial charge >= 0.3 is 0 Å². The first-order chi connectivity index (χ1) is 8.64. The fourth-order valence-electron chi connectivity index (χ4n) is 2.45. The van der Waals surface area contributed by atoms with E-state index in [1.54, 1.807) is 0 Å². The second kappa shape index (κ2) is 7.26. The van der Waals surface area contributed by atoms with Crippen molar-refractivity contribution in [3.63, 3.8) is 0 Å². The Morgan fingerprint density at radius 2 is 1.89 bits per heavy atom. The maximum Gasteiger partial charge on any atom is 0.0773 e. The molecule has 0 aromatic heterocycles. The number of hydrogen-bond donors (Lipinski definition) is 0. The van der Waals surface area contributed by atoms with E-state index < -0.39 is 8.07 Å². The molecule has 5 heteroatoms. The van der Waals surface area contributed by atoms with E-state index in [0.717, 1.165) is 21.3 Å². The molecule has 0 aromatic rings. The zero-order valence-electron chi connectivity index (χ0n) is 12.3. The fraction of sp³-hybridized carbons (Fsp3) is 0.714. The highest BCUT2D eigenvalue weighted by Gasteiger charge is 2.37. The quantitative estimate of drug-likeness (QED) is 0.483. The molecule has 3 atom stereocenters. The van der Waals surface area contributed by atoms with Crippen LogP contribution < -0.4 is 0 Å². The molecule has 0 amide bonds. The van der Waals surface area contributed by atoms with Gasteiger partial charge in [-0.2, -0.15) is 0 Å². The van der Waals surface area contributed by atoms with Crippen molar-refractivity contribution in [1.82, 2.24) is 0 Å². The van der Waals surface area contributed by atoms with Gasteiger partial charge in [0.25, 0.3) is 0 Å². The van der Waals surface area contributed by atoms with E-state index in [9.17, 15) is 0 Å². The molecule has 0 saturated heterocycles. The second-order valence-corrected chi connectivity index (χ2v) is 14.4. The topological polar surface area (TPSA) is 9.23 Å². The van der Waals surface area contributed by atoms with E-state index >= 15 is 0 Å². The number of ether oxygens (including phenoxy) is 1. The molecular weight excluding hydrogens is 408 g/mol. The highest BCUT2D eigenvalue weighted by molar-refractivity contribution is 9.28. The van der Waals surface area contributed by atoms with Crippen LogP contribution in [-0.4, -0.2) is 20.3 Å². The fourth-order valence-corrected chi connectivity index (χ4v) is 6.18. The summed E-state index contributed by atoms with van der Waals surface area (Å²) in [6.45, 7) is 11.3. The summed E-state index contributed by atoms with van der Waals surface area (Å²) in [6, 6.07) is 0. The maximum absolute atomic E-state index is 6.65. The van der Waals surface area contributed by atoms with Crippen molar-refractivity contribution in [1.29, 1.82) is 0 Å². The van der Waals surface area contributed by atoms with Crippen LogP contribution in [0.4, 0.5) is 0 Å². The van der Waals surface area contributed by atoms with E-state index in [-0.39, 0.29) is 12.2 Å². The van der Waals surface area contributed by atoms with E-state index in [1.165, 1.54) is 5.20 Å². The summed E-state index contributed by atoms with van der Waals surface area (Å²) in [5, 5.41) is 2.46. The van der Waals surface area contributed by atoms with Crippen LogP contribution in [0.25, 0.3) is 0 Å². The van der Waals surface area contributed by atoms with Gasteiger partial charge in [0.2, 0.25) is 0 Å². The molecule has 1 aliphatic heterocycles. The van der Waals surface area contributed by atoms with Crippen molar-refractivity contribution in [3.8, 4) is 0 Å². The molecule has 0 saturated carbocycles. The van der Waals surface area contributed by atoms with E-state index in [4.69, 9.17) is 16.3 Å². The van der Waals surface area contributed by atoms with Crippen molar-refractivity contribution in [2.24, 2.45) is 5.92 Å². The Bertz CT molecular complexity index is 383. The van der Waals surface area contributed by atoms with Crippen LogP contribution in [0.2, 0.25) is 19.6 Å². The van der Waals surface area contributed by atoms with Gasteiger partial charge < -0.3 is 4.74 Å². The number of allylic oxidation sites excluding steroid dienone is 1. The minimum absolute atomic E-state index is 0.181. The standard InChI is InChI=1S/C14H23Br2ClOSi/c1-9-10(2)18-11(7-6-8-12(15)16)14(13(9)17)19(3,4)5/h8-11H,6-7H2,1-5H3/t9-,10-,11+/m0/s1. The van der Waals surface area contributed by atoms with Crippen molar-refractivity contribution in [2.75, 3.05) is 0 Å². The molecule has 0 radical (unpaired) electrons. The number of hydrogen-bond acceptors (Lipinski definition) is 1. The van der Waals surface area contributed by atoms with Crippen LogP contribution >= 0.6 is 43.5 Å². The zero-order valence-corrected chi connectivity index (χ0v) is 17.2. The zero-order chi connectivity index (χ0) is 14.8. The van der Waals surface area contributed by atoms with Crippen LogP contribution in [0.5, 0.6) is 0 Å². The Morgan fingerprint density at radius 3 is 2.37 bits per heavy atom. The molecule has 0 spiro atoms. The van der Waals surface area contributed by atoms with Gasteiger partial charge in [0.15, 0.2) is 0 Å². The molecule has 0 unspecified atom stereocenters. The molecule has 1 nitrogen and oxygen atoms in total. The SMILES string of the molecule is C[C@@H]1O[C@H](CCC=C(Br)Br)C([Si](C)(C)C)=C(Cl)[C@H]1C. The monoisotopic (exact) mass is 428 g/mol. The predicted molar refractivity (Wildman–Crippen MR) is 94.9 cm³/mol. The predicted octanol–water partition coefficient (Wildman–Crippen LogP) is 6.19. The van der Waals surface area contributed by atoms with Crippen LogP contribution in [-0.2, 0) is 4.74 Å². The molecule has 1 heterocycles. The Labute approximate surface area is 140 Å². The molecular formula is C14H23Br2ClOSi. The summed E-state index contributed by atoms with van der Waals surface area (Å²) in [5.41, 5.74) is 0. The van der Waals surface area contributed by atoms with Gasteiger partial charge in [0, 0.05) is 11.0 Å². The lowest BCUT2D eigenvalue weighted by molar-refractivity contribution is -0.0144.